The maximum atomic E-state index is 12.8. The summed E-state index contributed by atoms with van der Waals surface area (Å²) in [5.41, 5.74) is 4.15. The van der Waals surface area contributed by atoms with Gasteiger partial charge in [0.05, 0.1) is 6.61 Å². The second kappa shape index (κ2) is 11.7. The highest BCUT2D eigenvalue weighted by molar-refractivity contribution is 9.10. The molecule has 0 fully saturated rings. The van der Waals surface area contributed by atoms with Crippen LogP contribution in [0.2, 0.25) is 5.02 Å². The summed E-state index contributed by atoms with van der Waals surface area (Å²) in [5, 5.41) is 13.1. The number of benzene rings is 3. The summed E-state index contributed by atoms with van der Waals surface area (Å²) >= 11 is 9.47. The summed E-state index contributed by atoms with van der Waals surface area (Å²) in [6, 6.07) is 18.7. The zero-order chi connectivity index (χ0) is 24.7. The first-order valence-corrected chi connectivity index (χ1v) is 11.8. The Morgan fingerprint density at radius 2 is 1.79 bits per heavy atom. The van der Waals surface area contributed by atoms with Gasteiger partial charge in [0.25, 0.3) is 5.91 Å². The van der Waals surface area contributed by atoms with Crippen LogP contribution < -0.4 is 14.8 Å². The van der Waals surface area contributed by atoms with Crippen LogP contribution in [-0.4, -0.2) is 12.5 Å². The second-order valence-corrected chi connectivity index (χ2v) is 8.90. The first kappa shape index (κ1) is 25.4. The minimum absolute atomic E-state index is 0.0288. The molecule has 0 unspecified atom stereocenters. The highest BCUT2D eigenvalue weighted by Gasteiger charge is 2.15. The molecule has 1 amide bonds. The summed E-state index contributed by atoms with van der Waals surface area (Å²) in [6.07, 6.45) is 1.52. The largest absolute Gasteiger partial charge is 0.490 e. The molecule has 174 valence electrons. The summed E-state index contributed by atoms with van der Waals surface area (Å²) < 4.78 is 12.4. The van der Waals surface area contributed by atoms with Crippen molar-refractivity contribution < 1.29 is 14.3 Å². The van der Waals surface area contributed by atoms with E-state index < -0.39 is 5.91 Å². The summed E-state index contributed by atoms with van der Waals surface area (Å²) in [7, 11) is 0. The van der Waals surface area contributed by atoms with E-state index in [9.17, 15) is 10.1 Å². The number of nitrogens with one attached hydrogen (secondary N) is 1. The van der Waals surface area contributed by atoms with Gasteiger partial charge in [-0.3, -0.25) is 4.79 Å². The number of anilines is 1. The molecule has 1 N–H and O–H groups in total. The maximum absolute atomic E-state index is 12.8. The number of halogens is 2. The molecule has 7 heteroatoms. The predicted molar refractivity (Wildman–Crippen MR) is 139 cm³/mol. The number of rotatable bonds is 8. The van der Waals surface area contributed by atoms with E-state index in [1.54, 1.807) is 24.3 Å². The van der Waals surface area contributed by atoms with Crippen LogP contribution in [0.4, 0.5) is 5.69 Å². The topological polar surface area (TPSA) is 71.3 Å². The summed E-state index contributed by atoms with van der Waals surface area (Å²) in [5.74, 6) is 0.571. The number of aryl methyl sites for hydroxylation is 2. The molecule has 34 heavy (non-hydrogen) atoms. The van der Waals surface area contributed by atoms with Gasteiger partial charge in [0, 0.05) is 15.2 Å². The van der Waals surface area contributed by atoms with Crippen molar-refractivity contribution in [2.24, 2.45) is 0 Å². The maximum Gasteiger partial charge on any atom is 0.266 e. The molecule has 5 nitrogen and oxygen atoms in total. The van der Waals surface area contributed by atoms with Crippen molar-refractivity contribution >= 4 is 45.2 Å². The van der Waals surface area contributed by atoms with Crippen molar-refractivity contribution in [3.8, 4) is 17.6 Å². The Kier molecular flexibility index (Phi) is 8.75. The van der Waals surface area contributed by atoms with Crippen molar-refractivity contribution in [1.29, 1.82) is 5.26 Å². The fourth-order valence-corrected chi connectivity index (χ4v) is 3.71. The van der Waals surface area contributed by atoms with Crippen LogP contribution in [0, 0.1) is 25.2 Å². The average molecular weight is 540 g/mol. The molecule has 0 spiro atoms. The van der Waals surface area contributed by atoms with Gasteiger partial charge in [-0.25, -0.2) is 0 Å². The third kappa shape index (κ3) is 6.63. The van der Waals surface area contributed by atoms with Gasteiger partial charge < -0.3 is 14.8 Å². The Morgan fingerprint density at radius 3 is 2.47 bits per heavy atom. The van der Waals surface area contributed by atoms with Crippen LogP contribution in [0.15, 0.2) is 64.6 Å². The van der Waals surface area contributed by atoms with E-state index in [-0.39, 0.29) is 5.57 Å². The number of carbonyl (C=O) groups is 1. The Bertz CT molecular complexity index is 1260. The van der Waals surface area contributed by atoms with Gasteiger partial charge in [0.1, 0.15) is 18.2 Å². The molecule has 3 aromatic rings. The fraction of sp³-hybridized carbons (Fsp3) is 0.185. The highest BCUT2D eigenvalue weighted by atomic mass is 79.9. The van der Waals surface area contributed by atoms with Crippen LogP contribution in [-0.2, 0) is 11.4 Å². The van der Waals surface area contributed by atoms with Crippen molar-refractivity contribution in [3.63, 3.8) is 0 Å². The van der Waals surface area contributed by atoms with Crippen molar-refractivity contribution in [1.82, 2.24) is 0 Å². The van der Waals surface area contributed by atoms with Gasteiger partial charge in [-0.05, 0) is 79.4 Å². The quantitative estimate of drug-likeness (QED) is 0.242. The molecule has 3 aromatic carbocycles. The van der Waals surface area contributed by atoms with Gasteiger partial charge in [-0.1, -0.05) is 51.8 Å². The van der Waals surface area contributed by atoms with E-state index in [2.05, 4.69) is 21.2 Å². The zero-order valence-electron chi connectivity index (χ0n) is 19.1. The molecule has 0 saturated carbocycles. The van der Waals surface area contributed by atoms with E-state index >= 15 is 0 Å². The number of nitrogens with zero attached hydrogens (tertiary/aromatic N) is 1. The van der Waals surface area contributed by atoms with Gasteiger partial charge >= 0.3 is 0 Å². The van der Waals surface area contributed by atoms with Crippen molar-refractivity contribution in [2.45, 2.75) is 27.4 Å². The van der Waals surface area contributed by atoms with Crippen molar-refractivity contribution in [3.05, 3.63) is 91.9 Å². The van der Waals surface area contributed by atoms with Crippen LogP contribution in [0.1, 0.15) is 29.2 Å². The Hall–Kier alpha value is -3.27. The van der Waals surface area contributed by atoms with Gasteiger partial charge in [-0.15, -0.1) is 0 Å². The minimum Gasteiger partial charge on any atom is -0.490 e. The molecule has 0 atom stereocenters. The minimum atomic E-state index is -0.482. The highest BCUT2D eigenvalue weighted by Crippen LogP contribution is 2.35. The van der Waals surface area contributed by atoms with Gasteiger partial charge in [0.2, 0.25) is 0 Å². The number of amides is 1. The lowest BCUT2D eigenvalue weighted by atomic mass is 10.1. The SMILES string of the molecule is CCOc1cc(/C=C(\C#N)C(=O)Nc2cc(C)ccc2C)c(Br)cc1OCc1ccc(Cl)cc1. The third-order valence-corrected chi connectivity index (χ3v) is 5.92. The first-order valence-electron chi connectivity index (χ1n) is 10.6. The molecule has 0 saturated heterocycles. The van der Waals surface area contributed by atoms with Gasteiger partial charge in [-0.2, -0.15) is 5.26 Å². The lowest BCUT2D eigenvalue weighted by Crippen LogP contribution is -2.14. The summed E-state index contributed by atoms with van der Waals surface area (Å²) in [6.45, 7) is 6.48. The molecule has 0 heterocycles. The summed E-state index contributed by atoms with van der Waals surface area (Å²) in [4.78, 5) is 12.8. The molecule has 0 aromatic heterocycles. The number of ether oxygens (including phenoxy) is 2. The number of nitriles is 1. The Morgan fingerprint density at radius 1 is 1.09 bits per heavy atom. The predicted octanol–water partition coefficient (Wildman–Crippen LogP) is 7.24. The monoisotopic (exact) mass is 538 g/mol. The molecule has 3 rings (SSSR count). The van der Waals surface area contributed by atoms with Gasteiger partial charge in [0.15, 0.2) is 11.5 Å². The third-order valence-electron chi connectivity index (χ3n) is 4.98. The zero-order valence-corrected chi connectivity index (χ0v) is 21.5. The molecule has 0 radical (unpaired) electrons. The lowest BCUT2D eigenvalue weighted by molar-refractivity contribution is -0.112. The average Bonchev–Trinajstić information content (AvgIpc) is 2.81. The lowest BCUT2D eigenvalue weighted by Gasteiger charge is -2.14. The van der Waals surface area contributed by atoms with E-state index in [1.165, 1.54) is 6.08 Å². The number of hydrogen-bond donors (Lipinski definition) is 1. The van der Waals surface area contributed by atoms with Crippen LogP contribution in [0.3, 0.4) is 0 Å². The molecule has 0 aliphatic heterocycles. The van der Waals surface area contributed by atoms with Crippen LogP contribution in [0.5, 0.6) is 11.5 Å². The van der Waals surface area contributed by atoms with Crippen molar-refractivity contribution in [2.75, 3.05) is 11.9 Å². The molecule has 0 aliphatic rings. The van der Waals surface area contributed by atoms with Crippen LogP contribution >= 0.6 is 27.5 Å². The molecule has 0 bridgehead atoms. The Labute approximate surface area is 213 Å². The Balaban J connectivity index is 1.86. The van der Waals surface area contributed by atoms with E-state index in [1.807, 2.05) is 57.2 Å². The van der Waals surface area contributed by atoms with E-state index in [0.29, 0.717) is 45.5 Å². The second-order valence-electron chi connectivity index (χ2n) is 7.61. The fourth-order valence-electron chi connectivity index (χ4n) is 3.15. The normalized spacial score (nSPS) is 11.0. The molecular weight excluding hydrogens is 516 g/mol. The molecular formula is C27H24BrClN2O3. The van der Waals surface area contributed by atoms with E-state index in [0.717, 1.165) is 16.7 Å². The number of carbonyl (C=O) groups excluding carboxylic acids is 1. The van der Waals surface area contributed by atoms with Crippen LogP contribution in [0.25, 0.3) is 6.08 Å². The van der Waals surface area contributed by atoms with E-state index in [4.69, 9.17) is 21.1 Å². The first-order chi connectivity index (χ1) is 16.3. The number of hydrogen-bond acceptors (Lipinski definition) is 4. The standard InChI is InChI=1S/C27H24BrClN2O3/c1-4-33-25-13-20(23(28)14-26(25)34-16-19-7-9-22(29)10-8-19)12-21(15-30)27(32)31-24-11-17(2)5-6-18(24)3/h5-14H,4,16H2,1-3H3,(H,31,32)/b21-12+. The smallest absolute Gasteiger partial charge is 0.266 e. The molecule has 0 aliphatic carbocycles.